The molecule has 0 unspecified atom stereocenters. The molecule has 2 aliphatic heterocycles. The van der Waals surface area contributed by atoms with Gasteiger partial charge in [-0.3, -0.25) is 14.5 Å². The molecule has 2 saturated heterocycles. The second-order valence-electron chi connectivity index (χ2n) is 8.63. The van der Waals surface area contributed by atoms with E-state index in [1.165, 1.54) is 0 Å². The van der Waals surface area contributed by atoms with E-state index in [2.05, 4.69) is 18.9 Å². The summed E-state index contributed by atoms with van der Waals surface area (Å²) < 4.78 is 6.28. The van der Waals surface area contributed by atoms with Crippen LogP contribution in [0, 0.1) is 5.92 Å². The van der Waals surface area contributed by atoms with Crippen LogP contribution in [0.3, 0.4) is 0 Å². The lowest BCUT2D eigenvalue weighted by Gasteiger charge is -2.44. The summed E-state index contributed by atoms with van der Waals surface area (Å²) in [7, 11) is 2.07. The third-order valence-electron chi connectivity index (χ3n) is 6.66. The second kappa shape index (κ2) is 7.84. The van der Waals surface area contributed by atoms with E-state index in [0.717, 1.165) is 38.8 Å². The maximum Gasteiger partial charge on any atom is 0.256 e. The van der Waals surface area contributed by atoms with E-state index >= 15 is 0 Å². The molecule has 6 nitrogen and oxygen atoms in total. The lowest BCUT2D eigenvalue weighted by molar-refractivity contribution is -0.139. The fourth-order valence-electron chi connectivity index (χ4n) is 4.73. The molecule has 0 N–H and O–H groups in total. The summed E-state index contributed by atoms with van der Waals surface area (Å²) in [5.41, 5.74) is -0.00559. The normalized spacial score (nSPS) is 31.4. The van der Waals surface area contributed by atoms with E-state index in [1.54, 1.807) is 4.90 Å². The maximum absolute atomic E-state index is 13.5. The average molecular weight is 386 g/mol. The summed E-state index contributed by atoms with van der Waals surface area (Å²) in [6, 6.07) is 8.79. The Hall–Kier alpha value is -1.92. The highest BCUT2D eigenvalue weighted by Gasteiger charge is 2.54. The first-order chi connectivity index (χ1) is 13.5. The molecule has 1 aliphatic carbocycles. The summed E-state index contributed by atoms with van der Waals surface area (Å²) in [4.78, 5) is 32.8. The SMILES string of the molecule is CC1CCC2(CC1)OC[C@H](C(=O)N1CCN(C)CC1)N2C(=O)c1ccccc1. The molecule has 0 radical (unpaired) electrons. The largest absolute Gasteiger partial charge is 0.353 e. The highest BCUT2D eigenvalue weighted by Crippen LogP contribution is 2.43. The molecular weight excluding hydrogens is 354 g/mol. The number of rotatable bonds is 2. The monoisotopic (exact) mass is 385 g/mol. The number of carbonyl (C=O) groups excluding carboxylic acids is 2. The smallest absolute Gasteiger partial charge is 0.256 e. The van der Waals surface area contributed by atoms with Crippen LogP contribution in [0.1, 0.15) is 43.0 Å². The maximum atomic E-state index is 13.5. The minimum atomic E-state index is -0.633. The standard InChI is InChI=1S/C22H31N3O3/c1-17-8-10-22(11-9-17)25(20(26)18-6-4-3-5-7-18)19(16-28-22)21(27)24-14-12-23(2)13-15-24/h3-7,17,19H,8-16H2,1-2H3/t17?,19-,22?/m1/s1. The Morgan fingerprint density at radius 1 is 1.04 bits per heavy atom. The van der Waals surface area contributed by atoms with Gasteiger partial charge in [0.1, 0.15) is 11.8 Å². The van der Waals surface area contributed by atoms with Crippen molar-refractivity contribution in [2.75, 3.05) is 39.8 Å². The molecule has 0 aromatic heterocycles. The summed E-state index contributed by atoms with van der Waals surface area (Å²) in [5.74, 6) is 0.586. The van der Waals surface area contributed by atoms with Gasteiger partial charge in [-0.15, -0.1) is 0 Å². The van der Waals surface area contributed by atoms with Crippen molar-refractivity contribution in [2.45, 2.75) is 44.4 Å². The number of nitrogens with zero attached hydrogens (tertiary/aromatic N) is 3. The molecule has 1 atom stereocenters. The Balaban J connectivity index is 1.62. The number of ether oxygens (including phenoxy) is 1. The van der Waals surface area contributed by atoms with Crippen LogP contribution in [0.4, 0.5) is 0 Å². The van der Waals surface area contributed by atoms with Crippen LogP contribution < -0.4 is 0 Å². The van der Waals surface area contributed by atoms with E-state index in [-0.39, 0.29) is 11.8 Å². The van der Waals surface area contributed by atoms with Gasteiger partial charge in [-0.2, -0.15) is 0 Å². The van der Waals surface area contributed by atoms with E-state index in [1.807, 2.05) is 35.2 Å². The van der Waals surface area contributed by atoms with E-state index in [0.29, 0.717) is 31.2 Å². The molecule has 152 valence electrons. The first kappa shape index (κ1) is 19.4. The summed E-state index contributed by atoms with van der Waals surface area (Å²) in [5, 5.41) is 0. The van der Waals surface area contributed by atoms with Crippen LogP contribution in [-0.4, -0.2) is 78.1 Å². The average Bonchev–Trinajstić information content (AvgIpc) is 3.09. The zero-order valence-corrected chi connectivity index (χ0v) is 17.0. The van der Waals surface area contributed by atoms with Gasteiger partial charge in [-0.1, -0.05) is 25.1 Å². The second-order valence-corrected chi connectivity index (χ2v) is 8.63. The van der Waals surface area contributed by atoms with Crippen LogP contribution in [0.2, 0.25) is 0 Å². The van der Waals surface area contributed by atoms with E-state index in [9.17, 15) is 9.59 Å². The number of benzene rings is 1. The molecule has 1 saturated carbocycles. The Morgan fingerprint density at radius 3 is 2.32 bits per heavy atom. The number of hydrogen-bond acceptors (Lipinski definition) is 4. The zero-order chi connectivity index (χ0) is 19.7. The number of piperazine rings is 1. The van der Waals surface area contributed by atoms with Crippen molar-refractivity contribution in [3.63, 3.8) is 0 Å². The number of hydrogen-bond donors (Lipinski definition) is 0. The summed E-state index contributed by atoms with van der Waals surface area (Å²) >= 11 is 0. The first-order valence-corrected chi connectivity index (χ1v) is 10.5. The van der Waals surface area contributed by atoms with Gasteiger partial charge < -0.3 is 14.5 Å². The molecule has 2 heterocycles. The highest BCUT2D eigenvalue weighted by molar-refractivity contribution is 5.98. The molecule has 1 spiro atoms. The van der Waals surface area contributed by atoms with Crippen molar-refractivity contribution in [3.05, 3.63) is 35.9 Å². The molecule has 4 rings (SSSR count). The predicted molar refractivity (Wildman–Crippen MR) is 107 cm³/mol. The zero-order valence-electron chi connectivity index (χ0n) is 17.0. The molecule has 1 aromatic carbocycles. The van der Waals surface area contributed by atoms with Gasteiger partial charge in [0.15, 0.2) is 0 Å². The fourth-order valence-corrected chi connectivity index (χ4v) is 4.73. The van der Waals surface area contributed by atoms with Gasteiger partial charge in [0, 0.05) is 31.7 Å². The molecule has 6 heteroatoms. The molecular formula is C22H31N3O3. The van der Waals surface area contributed by atoms with E-state index < -0.39 is 11.8 Å². The summed E-state index contributed by atoms with van der Waals surface area (Å²) in [6.45, 7) is 5.71. The van der Waals surface area contributed by atoms with Crippen LogP contribution >= 0.6 is 0 Å². The third kappa shape index (κ3) is 3.55. The third-order valence-corrected chi connectivity index (χ3v) is 6.66. The number of likely N-dealkylation sites (N-methyl/N-ethyl adjacent to an activating group) is 1. The molecule has 28 heavy (non-hydrogen) atoms. The fraction of sp³-hybridized carbons (Fsp3) is 0.636. The van der Waals surface area contributed by atoms with Crippen LogP contribution in [0.25, 0.3) is 0 Å². The Morgan fingerprint density at radius 2 is 1.68 bits per heavy atom. The van der Waals surface area contributed by atoms with Gasteiger partial charge in [0.2, 0.25) is 5.91 Å². The minimum absolute atomic E-state index is 0.0351. The minimum Gasteiger partial charge on any atom is -0.353 e. The van der Waals surface area contributed by atoms with E-state index in [4.69, 9.17) is 4.74 Å². The van der Waals surface area contributed by atoms with Gasteiger partial charge in [-0.25, -0.2) is 0 Å². The van der Waals surface area contributed by atoms with Crippen LogP contribution in [0.5, 0.6) is 0 Å². The van der Waals surface area contributed by atoms with Gasteiger partial charge in [0.25, 0.3) is 5.91 Å². The number of carbonyl (C=O) groups is 2. The predicted octanol–water partition coefficient (Wildman–Crippen LogP) is 2.21. The molecule has 2 amide bonds. The Bertz CT molecular complexity index is 707. The van der Waals surface area contributed by atoms with Gasteiger partial charge in [0.05, 0.1) is 6.61 Å². The topological polar surface area (TPSA) is 53.1 Å². The Labute approximate surface area is 167 Å². The van der Waals surface area contributed by atoms with Crippen molar-refractivity contribution >= 4 is 11.8 Å². The van der Waals surface area contributed by atoms with Gasteiger partial charge >= 0.3 is 0 Å². The highest BCUT2D eigenvalue weighted by atomic mass is 16.5. The molecule has 0 bridgehead atoms. The Kier molecular flexibility index (Phi) is 5.43. The summed E-state index contributed by atoms with van der Waals surface area (Å²) in [6.07, 6.45) is 3.65. The van der Waals surface area contributed by atoms with Crippen LogP contribution in [-0.2, 0) is 9.53 Å². The lowest BCUT2D eigenvalue weighted by atomic mass is 9.83. The molecule has 3 fully saturated rings. The van der Waals surface area contributed by atoms with Crippen molar-refractivity contribution in [2.24, 2.45) is 5.92 Å². The van der Waals surface area contributed by atoms with Gasteiger partial charge in [-0.05, 0) is 50.8 Å². The van der Waals surface area contributed by atoms with Crippen molar-refractivity contribution in [1.29, 1.82) is 0 Å². The first-order valence-electron chi connectivity index (χ1n) is 10.5. The number of amides is 2. The molecule has 3 aliphatic rings. The lowest BCUT2D eigenvalue weighted by Crippen LogP contribution is -2.59. The molecule has 1 aromatic rings. The van der Waals surface area contributed by atoms with Crippen LogP contribution in [0.15, 0.2) is 30.3 Å². The van der Waals surface area contributed by atoms with Crippen molar-refractivity contribution in [1.82, 2.24) is 14.7 Å². The van der Waals surface area contributed by atoms with Crippen molar-refractivity contribution in [3.8, 4) is 0 Å². The van der Waals surface area contributed by atoms with Crippen molar-refractivity contribution < 1.29 is 14.3 Å². The quantitative estimate of drug-likeness (QED) is 0.783.